The van der Waals surface area contributed by atoms with E-state index in [9.17, 15) is 5.11 Å². The summed E-state index contributed by atoms with van der Waals surface area (Å²) in [5.74, 6) is 0. The summed E-state index contributed by atoms with van der Waals surface area (Å²) in [5, 5.41) is 9.61. The van der Waals surface area contributed by atoms with Gasteiger partial charge in [-0.15, -0.1) is 0 Å². The molecule has 1 atom stereocenters. The van der Waals surface area contributed by atoms with E-state index in [4.69, 9.17) is 0 Å². The molecule has 0 fully saturated rings. The zero-order valence-corrected chi connectivity index (χ0v) is 9.46. The molecule has 0 heterocycles. The third-order valence-corrected chi connectivity index (χ3v) is 3.07. The lowest BCUT2D eigenvalue weighted by Crippen LogP contribution is -2.08. The van der Waals surface area contributed by atoms with E-state index in [1.807, 2.05) is 6.08 Å². The number of allylic oxidation sites excluding steroid dienone is 1. The first-order chi connectivity index (χ1) is 7.16. The van der Waals surface area contributed by atoms with Gasteiger partial charge in [0.25, 0.3) is 0 Å². The highest BCUT2D eigenvalue weighted by Crippen LogP contribution is 2.29. The van der Waals surface area contributed by atoms with E-state index in [0.717, 1.165) is 19.3 Å². The van der Waals surface area contributed by atoms with Gasteiger partial charge in [0.2, 0.25) is 0 Å². The van der Waals surface area contributed by atoms with Gasteiger partial charge in [-0.05, 0) is 49.8 Å². The predicted octanol–water partition coefficient (Wildman–Crippen LogP) is 3.23. The summed E-state index contributed by atoms with van der Waals surface area (Å²) in [6, 6.07) is 6.52. The van der Waals surface area contributed by atoms with E-state index < -0.39 is 0 Å². The monoisotopic (exact) mass is 202 g/mol. The molecule has 1 nitrogen and oxygen atoms in total. The van der Waals surface area contributed by atoms with Crippen LogP contribution in [0.5, 0.6) is 0 Å². The Balaban J connectivity index is 2.37. The molecule has 0 bridgehead atoms. The Kier molecular flexibility index (Phi) is 2.92. The van der Waals surface area contributed by atoms with Crippen molar-refractivity contribution in [3.05, 3.63) is 41.0 Å². The third kappa shape index (κ3) is 2.29. The molecule has 0 saturated heterocycles. The van der Waals surface area contributed by atoms with Crippen LogP contribution in [0.2, 0.25) is 0 Å². The first-order valence-corrected chi connectivity index (χ1v) is 5.63. The minimum atomic E-state index is -0.241. The average molecular weight is 202 g/mol. The van der Waals surface area contributed by atoms with E-state index >= 15 is 0 Å². The summed E-state index contributed by atoms with van der Waals surface area (Å²) in [4.78, 5) is 0. The molecular formula is C14H18O. The summed E-state index contributed by atoms with van der Waals surface area (Å²) in [7, 11) is 0. The fraction of sp³-hybridized carbons (Fsp3) is 0.429. The zero-order valence-electron chi connectivity index (χ0n) is 9.46. The van der Waals surface area contributed by atoms with Gasteiger partial charge >= 0.3 is 0 Å². The first-order valence-electron chi connectivity index (χ1n) is 5.63. The molecule has 80 valence electrons. The maximum atomic E-state index is 9.61. The van der Waals surface area contributed by atoms with Gasteiger partial charge in [-0.1, -0.05) is 29.8 Å². The molecule has 0 saturated carbocycles. The molecule has 1 aliphatic rings. The fourth-order valence-electron chi connectivity index (χ4n) is 2.30. The van der Waals surface area contributed by atoms with Crippen LogP contribution in [0.1, 0.15) is 36.0 Å². The maximum absolute atomic E-state index is 9.61. The quantitative estimate of drug-likeness (QED) is 0.741. The summed E-state index contributed by atoms with van der Waals surface area (Å²) >= 11 is 0. The summed E-state index contributed by atoms with van der Waals surface area (Å²) in [5.41, 5.74) is 5.23. The normalized spacial score (nSPS) is 21.3. The van der Waals surface area contributed by atoms with E-state index in [0.29, 0.717) is 0 Å². The van der Waals surface area contributed by atoms with Crippen molar-refractivity contribution in [3.8, 4) is 0 Å². The molecule has 15 heavy (non-hydrogen) atoms. The Morgan fingerprint density at radius 1 is 1.27 bits per heavy atom. The highest BCUT2D eigenvalue weighted by atomic mass is 16.3. The molecule has 0 aromatic heterocycles. The van der Waals surface area contributed by atoms with Gasteiger partial charge in [0.15, 0.2) is 0 Å². The van der Waals surface area contributed by atoms with Crippen molar-refractivity contribution < 1.29 is 5.11 Å². The summed E-state index contributed by atoms with van der Waals surface area (Å²) in [6.07, 6.45) is 4.88. The van der Waals surface area contributed by atoms with E-state index in [1.54, 1.807) is 0 Å². The lowest BCUT2D eigenvalue weighted by molar-refractivity contribution is 0.206. The highest BCUT2D eigenvalue weighted by Gasteiger charge is 2.13. The van der Waals surface area contributed by atoms with Crippen molar-refractivity contribution in [3.63, 3.8) is 0 Å². The largest absolute Gasteiger partial charge is 0.389 e. The van der Waals surface area contributed by atoms with Gasteiger partial charge in [0.1, 0.15) is 0 Å². The number of hydrogen-bond acceptors (Lipinski definition) is 1. The molecule has 1 heteroatoms. The van der Waals surface area contributed by atoms with Crippen LogP contribution in [-0.4, -0.2) is 11.2 Å². The van der Waals surface area contributed by atoms with Crippen LogP contribution in [0.15, 0.2) is 24.3 Å². The van der Waals surface area contributed by atoms with Crippen LogP contribution in [0, 0.1) is 13.8 Å². The Morgan fingerprint density at radius 3 is 2.73 bits per heavy atom. The highest BCUT2D eigenvalue weighted by molar-refractivity contribution is 5.69. The molecule has 0 spiro atoms. The topological polar surface area (TPSA) is 20.2 Å². The molecule has 1 unspecified atom stereocenters. The number of benzene rings is 1. The smallest absolute Gasteiger partial charge is 0.0726 e. The summed E-state index contributed by atoms with van der Waals surface area (Å²) in [6.45, 7) is 4.25. The standard InChI is InChI=1S/C14H18O/c1-10-6-7-14(11(2)8-10)12-4-3-5-13(15)9-12/h6-9,13,15H,3-5H2,1-2H3. The molecule has 1 aliphatic carbocycles. The van der Waals surface area contributed by atoms with Gasteiger partial charge in [-0.2, -0.15) is 0 Å². The molecule has 2 rings (SSSR count). The molecule has 1 aromatic rings. The summed E-state index contributed by atoms with van der Waals surface area (Å²) < 4.78 is 0. The van der Waals surface area contributed by atoms with Crippen LogP contribution in [0.3, 0.4) is 0 Å². The minimum Gasteiger partial charge on any atom is -0.389 e. The first kappa shape index (κ1) is 10.4. The molecule has 0 aliphatic heterocycles. The van der Waals surface area contributed by atoms with Crippen molar-refractivity contribution in [2.75, 3.05) is 0 Å². The van der Waals surface area contributed by atoms with Gasteiger partial charge in [-0.3, -0.25) is 0 Å². The average Bonchev–Trinajstić information content (AvgIpc) is 2.17. The lowest BCUT2D eigenvalue weighted by Gasteiger charge is -2.18. The molecule has 1 N–H and O–H groups in total. The van der Waals surface area contributed by atoms with Crippen molar-refractivity contribution in [2.45, 2.75) is 39.2 Å². The van der Waals surface area contributed by atoms with Crippen molar-refractivity contribution >= 4 is 5.57 Å². The zero-order chi connectivity index (χ0) is 10.8. The Morgan fingerprint density at radius 2 is 2.07 bits per heavy atom. The molecule has 0 radical (unpaired) electrons. The fourth-order valence-corrected chi connectivity index (χ4v) is 2.30. The van der Waals surface area contributed by atoms with Crippen LogP contribution in [-0.2, 0) is 0 Å². The van der Waals surface area contributed by atoms with E-state index in [2.05, 4.69) is 32.0 Å². The Bertz CT molecular complexity index is 390. The number of aliphatic hydroxyl groups is 1. The second kappa shape index (κ2) is 4.19. The number of aliphatic hydroxyl groups excluding tert-OH is 1. The molecule has 0 amide bonds. The Labute approximate surface area is 91.4 Å². The maximum Gasteiger partial charge on any atom is 0.0726 e. The van der Waals surface area contributed by atoms with E-state index in [1.165, 1.54) is 22.3 Å². The van der Waals surface area contributed by atoms with Crippen LogP contribution in [0.4, 0.5) is 0 Å². The second-order valence-corrected chi connectivity index (χ2v) is 4.47. The van der Waals surface area contributed by atoms with Gasteiger partial charge < -0.3 is 5.11 Å². The van der Waals surface area contributed by atoms with Crippen molar-refractivity contribution in [2.24, 2.45) is 0 Å². The molecule has 1 aromatic carbocycles. The number of hydrogen-bond donors (Lipinski definition) is 1. The van der Waals surface area contributed by atoms with Crippen LogP contribution >= 0.6 is 0 Å². The van der Waals surface area contributed by atoms with E-state index in [-0.39, 0.29) is 6.10 Å². The second-order valence-electron chi connectivity index (χ2n) is 4.47. The third-order valence-electron chi connectivity index (χ3n) is 3.07. The van der Waals surface area contributed by atoms with Gasteiger partial charge in [0, 0.05) is 0 Å². The molecular weight excluding hydrogens is 184 g/mol. The number of rotatable bonds is 1. The van der Waals surface area contributed by atoms with Crippen LogP contribution < -0.4 is 0 Å². The Hall–Kier alpha value is -1.08. The van der Waals surface area contributed by atoms with Gasteiger partial charge in [0.05, 0.1) is 6.10 Å². The van der Waals surface area contributed by atoms with Gasteiger partial charge in [-0.25, -0.2) is 0 Å². The van der Waals surface area contributed by atoms with Crippen molar-refractivity contribution in [1.82, 2.24) is 0 Å². The lowest BCUT2D eigenvalue weighted by atomic mass is 9.89. The van der Waals surface area contributed by atoms with Crippen LogP contribution in [0.25, 0.3) is 5.57 Å². The van der Waals surface area contributed by atoms with Crippen molar-refractivity contribution in [1.29, 1.82) is 0 Å². The minimum absolute atomic E-state index is 0.241. The number of aryl methyl sites for hydroxylation is 2. The predicted molar refractivity (Wildman–Crippen MR) is 63.8 cm³/mol. The SMILES string of the molecule is Cc1ccc(C2=CC(O)CCC2)c(C)c1.